The molecule has 0 saturated carbocycles. The van der Waals surface area contributed by atoms with Crippen LogP contribution >= 0.6 is 12.6 Å². The molecule has 0 aliphatic carbocycles. The van der Waals surface area contributed by atoms with E-state index in [4.69, 9.17) is 10.5 Å². The lowest BCUT2D eigenvalue weighted by atomic mass is 9.79. The Labute approximate surface area is 159 Å². The Bertz CT molecular complexity index is 888. The third-order valence-electron chi connectivity index (χ3n) is 4.52. The first-order valence-corrected chi connectivity index (χ1v) is 8.70. The summed E-state index contributed by atoms with van der Waals surface area (Å²) in [6, 6.07) is 5.07. The van der Waals surface area contributed by atoms with Crippen LogP contribution in [0.1, 0.15) is 23.1 Å². The third kappa shape index (κ3) is 3.36. The number of hydrogen-bond acceptors (Lipinski definition) is 9. The summed E-state index contributed by atoms with van der Waals surface area (Å²) in [5.41, 5.74) is 6.09. The van der Waals surface area contributed by atoms with Crippen LogP contribution in [0.3, 0.4) is 0 Å². The van der Waals surface area contributed by atoms with E-state index in [1.165, 1.54) is 24.3 Å². The van der Waals surface area contributed by atoms with E-state index in [0.717, 1.165) is 6.07 Å². The van der Waals surface area contributed by atoms with Crippen LogP contribution in [-0.2, 0) is 4.79 Å². The molecule has 1 aliphatic rings. The number of carbonyl (C=O) groups excluding carboxylic acids is 1. The molecule has 0 saturated heterocycles. The van der Waals surface area contributed by atoms with E-state index >= 15 is 0 Å². The molecule has 2 aromatic rings. The van der Waals surface area contributed by atoms with E-state index < -0.39 is 41.4 Å². The third-order valence-corrected chi connectivity index (χ3v) is 4.91. The summed E-state index contributed by atoms with van der Waals surface area (Å²) in [6.45, 7) is 0. The van der Waals surface area contributed by atoms with Crippen LogP contribution in [-0.4, -0.2) is 49.2 Å². The van der Waals surface area contributed by atoms with Crippen LogP contribution in [0, 0.1) is 0 Å². The minimum absolute atomic E-state index is 0.0000732. The van der Waals surface area contributed by atoms with Gasteiger partial charge in [-0.15, -0.1) is 0 Å². The number of ketones is 1. The van der Waals surface area contributed by atoms with Gasteiger partial charge >= 0.3 is 0 Å². The number of ether oxygens (including phenoxy) is 1. The summed E-state index contributed by atoms with van der Waals surface area (Å²) in [7, 11) is 0. The zero-order valence-electron chi connectivity index (χ0n) is 14.0. The zero-order valence-corrected chi connectivity index (χ0v) is 14.9. The van der Waals surface area contributed by atoms with Gasteiger partial charge in [-0.3, -0.25) is 4.79 Å². The highest BCUT2D eigenvalue weighted by Crippen LogP contribution is 2.49. The number of Topliss-reactive ketones (excluding diaryl/α,β-unsaturated/α-hetero) is 1. The van der Waals surface area contributed by atoms with Crippen molar-refractivity contribution in [3.8, 4) is 28.7 Å². The van der Waals surface area contributed by atoms with E-state index in [1.54, 1.807) is 0 Å². The summed E-state index contributed by atoms with van der Waals surface area (Å²) >= 11 is 4.01. The molecule has 8 nitrogen and oxygen atoms in total. The Balaban J connectivity index is 2.14. The van der Waals surface area contributed by atoms with Gasteiger partial charge in [-0.1, -0.05) is 6.07 Å². The minimum atomic E-state index is -1.45. The zero-order chi connectivity index (χ0) is 19.9. The number of nitrogens with two attached hydrogens (primary N) is 1. The normalized spacial score (nSPS) is 22.6. The second-order valence-corrected chi connectivity index (χ2v) is 6.69. The van der Waals surface area contributed by atoms with E-state index in [-0.39, 0.29) is 34.1 Å². The summed E-state index contributed by atoms with van der Waals surface area (Å²) in [4.78, 5) is 12.8. The molecular weight excluding hydrogens is 374 g/mol. The lowest BCUT2D eigenvalue weighted by Gasteiger charge is -2.37. The molecule has 2 aromatic carbocycles. The van der Waals surface area contributed by atoms with Crippen molar-refractivity contribution in [3.05, 3.63) is 41.5 Å². The monoisotopic (exact) mass is 393 g/mol. The number of aliphatic hydroxyl groups is 1. The number of hydrogen-bond donors (Lipinski definition) is 7. The fourth-order valence-electron chi connectivity index (χ4n) is 3.17. The Kier molecular flexibility index (Phi) is 5.09. The number of carbonyl (C=O) groups is 1. The standard InChI is InChI=1S/C18H19NO7S/c19-9(6-27)16(24)15-14-12(23)4-8(20)5-13(14)26-18(17(15)25)7-1-2-10(21)11(22)3-7/h1-5,9,15,17-18,20-23,25,27H,6,19H2/t9-,15?,17-,18+/m0/s1. The molecule has 0 radical (unpaired) electrons. The predicted molar refractivity (Wildman–Crippen MR) is 98.5 cm³/mol. The summed E-state index contributed by atoms with van der Waals surface area (Å²) < 4.78 is 5.71. The van der Waals surface area contributed by atoms with Crippen molar-refractivity contribution in [3.63, 3.8) is 0 Å². The second kappa shape index (κ2) is 7.18. The van der Waals surface area contributed by atoms with Gasteiger partial charge < -0.3 is 36.0 Å². The van der Waals surface area contributed by atoms with Crippen LogP contribution in [0.4, 0.5) is 0 Å². The lowest BCUT2D eigenvalue weighted by molar-refractivity contribution is -0.127. The van der Waals surface area contributed by atoms with Crippen molar-refractivity contribution in [1.29, 1.82) is 0 Å². The van der Waals surface area contributed by atoms with Gasteiger partial charge in [0.1, 0.15) is 23.4 Å². The molecule has 0 amide bonds. The number of aromatic hydroxyl groups is 4. The fraction of sp³-hybridized carbons (Fsp3) is 0.278. The summed E-state index contributed by atoms with van der Waals surface area (Å²) in [5.74, 6) is -3.26. The molecule has 1 heterocycles. The fourth-order valence-corrected chi connectivity index (χ4v) is 3.35. The number of phenolic OH excluding ortho intramolecular Hbond substituents is 4. The molecule has 3 rings (SSSR count). The van der Waals surface area contributed by atoms with Crippen molar-refractivity contribution in [2.45, 2.75) is 24.2 Å². The number of thiol groups is 1. The highest BCUT2D eigenvalue weighted by molar-refractivity contribution is 7.80. The SMILES string of the molecule is N[C@@H](CS)C(=O)C1c2c(O)cc(O)cc2O[C@H](c2ccc(O)c(O)c2)[C@H]1O. The molecule has 1 aliphatic heterocycles. The largest absolute Gasteiger partial charge is 0.508 e. The molecule has 27 heavy (non-hydrogen) atoms. The predicted octanol–water partition coefficient (Wildman–Crippen LogP) is 0.913. The Morgan fingerprint density at radius 2 is 1.81 bits per heavy atom. The number of fused-ring (bicyclic) bond motifs is 1. The number of benzene rings is 2. The number of phenols is 4. The van der Waals surface area contributed by atoms with Gasteiger partial charge in [0.2, 0.25) is 0 Å². The van der Waals surface area contributed by atoms with Crippen LogP contribution in [0.5, 0.6) is 28.7 Å². The minimum Gasteiger partial charge on any atom is -0.508 e. The van der Waals surface area contributed by atoms with Gasteiger partial charge in [0.25, 0.3) is 0 Å². The number of aliphatic hydroxyl groups excluding tert-OH is 1. The Morgan fingerprint density at radius 1 is 1.11 bits per heavy atom. The molecule has 144 valence electrons. The van der Waals surface area contributed by atoms with Gasteiger partial charge in [0.15, 0.2) is 23.4 Å². The van der Waals surface area contributed by atoms with Crippen LogP contribution in [0.25, 0.3) is 0 Å². The molecule has 1 unspecified atom stereocenters. The lowest BCUT2D eigenvalue weighted by Crippen LogP contribution is -2.45. The van der Waals surface area contributed by atoms with Gasteiger partial charge in [0, 0.05) is 23.4 Å². The molecular formula is C18H19NO7S. The molecule has 9 heteroatoms. The Morgan fingerprint density at radius 3 is 2.44 bits per heavy atom. The van der Waals surface area contributed by atoms with Gasteiger partial charge in [0.05, 0.1) is 12.0 Å². The van der Waals surface area contributed by atoms with Crippen molar-refractivity contribution >= 4 is 18.4 Å². The van der Waals surface area contributed by atoms with E-state index in [2.05, 4.69) is 12.6 Å². The molecule has 0 fully saturated rings. The average Bonchev–Trinajstić information content (AvgIpc) is 2.62. The van der Waals surface area contributed by atoms with E-state index in [1.807, 2.05) is 0 Å². The van der Waals surface area contributed by atoms with Gasteiger partial charge in [-0.25, -0.2) is 0 Å². The van der Waals surface area contributed by atoms with Crippen molar-refractivity contribution < 1.29 is 35.1 Å². The molecule has 0 bridgehead atoms. The quantitative estimate of drug-likeness (QED) is 0.299. The maximum absolute atomic E-state index is 12.8. The first kappa shape index (κ1) is 19.2. The second-order valence-electron chi connectivity index (χ2n) is 6.32. The summed E-state index contributed by atoms with van der Waals surface area (Å²) in [5, 5.41) is 50.1. The highest BCUT2D eigenvalue weighted by Gasteiger charge is 2.45. The van der Waals surface area contributed by atoms with Crippen molar-refractivity contribution in [2.75, 3.05) is 5.75 Å². The van der Waals surface area contributed by atoms with Crippen molar-refractivity contribution in [2.24, 2.45) is 5.73 Å². The highest BCUT2D eigenvalue weighted by atomic mass is 32.1. The average molecular weight is 393 g/mol. The topological polar surface area (TPSA) is 153 Å². The smallest absolute Gasteiger partial charge is 0.160 e. The maximum Gasteiger partial charge on any atom is 0.160 e. The van der Waals surface area contributed by atoms with Crippen LogP contribution in [0.15, 0.2) is 30.3 Å². The molecule has 7 N–H and O–H groups in total. The summed E-state index contributed by atoms with van der Waals surface area (Å²) in [6.07, 6.45) is -2.57. The molecule has 0 spiro atoms. The maximum atomic E-state index is 12.8. The van der Waals surface area contributed by atoms with E-state index in [0.29, 0.717) is 0 Å². The van der Waals surface area contributed by atoms with E-state index in [9.17, 15) is 30.3 Å². The molecule has 4 atom stereocenters. The first-order valence-electron chi connectivity index (χ1n) is 8.07. The van der Waals surface area contributed by atoms with Gasteiger partial charge in [-0.05, 0) is 17.7 Å². The van der Waals surface area contributed by atoms with Crippen LogP contribution < -0.4 is 10.5 Å². The van der Waals surface area contributed by atoms with Gasteiger partial charge in [-0.2, -0.15) is 12.6 Å². The molecule has 0 aromatic heterocycles. The number of rotatable bonds is 4. The van der Waals surface area contributed by atoms with Crippen molar-refractivity contribution in [1.82, 2.24) is 0 Å². The van der Waals surface area contributed by atoms with Crippen LogP contribution in [0.2, 0.25) is 0 Å². The first-order chi connectivity index (χ1) is 12.7. The Hall–Kier alpha value is -2.62.